The molecule has 1 aliphatic rings. The Labute approximate surface area is 163 Å². The van der Waals surface area contributed by atoms with E-state index in [4.69, 9.17) is 16.3 Å². The summed E-state index contributed by atoms with van der Waals surface area (Å²) < 4.78 is 5.49. The molecule has 6 nitrogen and oxygen atoms in total. The number of amides is 2. The summed E-state index contributed by atoms with van der Waals surface area (Å²) in [4.78, 5) is 27.8. The van der Waals surface area contributed by atoms with E-state index in [0.29, 0.717) is 23.9 Å². The van der Waals surface area contributed by atoms with Gasteiger partial charge in [-0.1, -0.05) is 23.7 Å². The van der Waals surface area contributed by atoms with Gasteiger partial charge < -0.3 is 19.9 Å². The van der Waals surface area contributed by atoms with E-state index in [0.717, 1.165) is 24.5 Å². The molecule has 2 amide bonds. The van der Waals surface area contributed by atoms with Crippen LogP contribution in [0.1, 0.15) is 6.92 Å². The first-order valence-electron chi connectivity index (χ1n) is 8.80. The first-order valence-corrected chi connectivity index (χ1v) is 9.18. The van der Waals surface area contributed by atoms with E-state index < -0.39 is 0 Å². The molecule has 0 saturated carbocycles. The van der Waals surface area contributed by atoms with E-state index in [2.05, 4.69) is 10.2 Å². The number of carbonyl (C=O) groups is 2. The smallest absolute Gasteiger partial charge is 0.262 e. The molecule has 0 atom stereocenters. The van der Waals surface area contributed by atoms with E-state index in [1.165, 1.54) is 0 Å². The molecule has 1 heterocycles. The fourth-order valence-corrected chi connectivity index (χ4v) is 3.11. The number of piperazine rings is 1. The van der Waals surface area contributed by atoms with Crippen LogP contribution in [-0.2, 0) is 9.59 Å². The molecule has 7 heteroatoms. The van der Waals surface area contributed by atoms with E-state index in [1.807, 2.05) is 29.2 Å². The molecule has 0 bridgehead atoms. The topological polar surface area (TPSA) is 61.9 Å². The Morgan fingerprint density at radius 1 is 1.04 bits per heavy atom. The van der Waals surface area contributed by atoms with Gasteiger partial charge in [-0.05, 0) is 36.4 Å². The van der Waals surface area contributed by atoms with Crippen molar-refractivity contribution in [2.45, 2.75) is 6.92 Å². The monoisotopic (exact) mass is 387 g/mol. The second kappa shape index (κ2) is 8.77. The minimum atomic E-state index is -0.236. The number of nitrogens with zero attached hydrogens (tertiary/aromatic N) is 2. The molecule has 0 aromatic heterocycles. The summed E-state index contributed by atoms with van der Waals surface area (Å²) >= 11 is 5.84. The lowest BCUT2D eigenvalue weighted by molar-refractivity contribution is -0.129. The molecule has 0 radical (unpaired) electrons. The van der Waals surface area contributed by atoms with E-state index >= 15 is 0 Å². The molecule has 2 aromatic carbocycles. The van der Waals surface area contributed by atoms with Crippen LogP contribution in [0.2, 0.25) is 5.02 Å². The Morgan fingerprint density at radius 2 is 1.70 bits per heavy atom. The van der Waals surface area contributed by atoms with Crippen LogP contribution in [0.5, 0.6) is 5.75 Å². The van der Waals surface area contributed by atoms with Gasteiger partial charge in [-0.15, -0.1) is 0 Å². The summed E-state index contributed by atoms with van der Waals surface area (Å²) in [5.74, 6) is 0.443. The van der Waals surface area contributed by atoms with Crippen molar-refractivity contribution in [2.75, 3.05) is 43.0 Å². The zero-order valence-corrected chi connectivity index (χ0v) is 15.9. The number of rotatable bonds is 5. The van der Waals surface area contributed by atoms with Crippen LogP contribution in [-0.4, -0.2) is 49.5 Å². The zero-order chi connectivity index (χ0) is 19.2. The fraction of sp³-hybridized carbons (Fsp3) is 0.300. The molecule has 0 aliphatic carbocycles. The van der Waals surface area contributed by atoms with Gasteiger partial charge >= 0.3 is 0 Å². The number of ether oxygens (including phenoxy) is 1. The SMILES string of the molecule is CC(=O)N1CCN(c2ccccc2NC(=O)COc2ccc(Cl)cc2)CC1. The summed E-state index contributed by atoms with van der Waals surface area (Å²) in [6, 6.07) is 14.5. The normalized spacial score (nSPS) is 14.0. The molecule has 1 aliphatic heterocycles. The standard InChI is InChI=1S/C20H22ClN3O3/c1-15(25)23-10-12-24(13-11-23)19-5-3-2-4-18(19)22-20(26)14-27-17-8-6-16(21)7-9-17/h2-9H,10-14H2,1H3,(H,22,26). The van der Waals surface area contributed by atoms with Gasteiger partial charge in [-0.25, -0.2) is 0 Å². The van der Waals surface area contributed by atoms with Crippen LogP contribution in [0.4, 0.5) is 11.4 Å². The fourth-order valence-electron chi connectivity index (χ4n) is 2.98. The van der Waals surface area contributed by atoms with Gasteiger partial charge in [-0.3, -0.25) is 9.59 Å². The van der Waals surface area contributed by atoms with E-state index in [-0.39, 0.29) is 18.4 Å². The molecule has 27 heavy (non-hydrogen) atoms. The Hall–Kier alpha value is -2.73. The highest BCUT2D eigenvalue weighted by Crippen LogP contribution is 2.26. The molecule has 0 spiro atoms. The van der Waals surface area contributed by atoms with Crippen molar-refractivity contribution in [3.63, 3.8) is 0 Å². The van der Waals surface area contributed by atoms with Crippen molar-refractivity contribution in [2.24, 2.45) is 0 Å². The maximum absolute atomic E-state index is 12.3. The molecule has 0 unspecified atom stereocenters. The lowest BCUT2D eigenvalue weighted by Gasteiger charge is -2.36. The Balaban J connectivity index is 1.59. The first kappa shape index (κ1) is 19.0. The van der Waals surface area contributed by atoms with Crippen molar-refractivity contribution in [3.05, 3.63) is 53.6 Å². The largest absolute Gasteiger partial charge is 0.484 e. The van der Waals surface area contributed by atoms with Gasteiger partial charge in [0.05, 0.1) is 11.4 Å². The molecular weight excluding hydrogens is 366 g/mol. The average Bonchev–Trinajstić information content (AvgIpc) is 2.68. The molecule has 1 N–H and O–H groups in total. The third-order valence-electron chi connectivity index (χ3n) is 4.43. The second-order valence-corrected chi connectivity index (χ2v) is 6.74. The van der Waals surface area contributed by atoms with Gasteiger partial charge in [0, 0.05) is 38.1 Å². The summed E-state index contributed by atoms with van der Waals surface area (Å²) in [5.41, 5.74) is 1.68. The van der Waals surface area contributed by atoms with Gasteiger partial charge in [-0.2, -0.15) is 0 Å². The highest BCUT2D eigenvalue weighted by atomic mass is 35.5. The predicted molar refractivity (Wildman–Crippen MR) is 106 cm³/mol. The Bertz CT molecular complexity index is 802. The number of halogens is 1. The van der Waals surface area contributed by atoms with Crippen LogP contribution >= 0.6 is 11.6 Å². The van der Waals surface area contributed by atoms with Crippen molar-refractivity contribution in [1.29, 1.82) is 0 Å². The lowest BCUT2D eigenvalue weighted by atomic mass is 10.2. The van der Waals surface area contributed by atoms with Gasteiger partial charge in [0.2, 0.25) is 5.91 Å². The molecule has 1 fully saturated rings. The molecular formula is C20H22ClN3O3. The van der Waals surface area contributed by atoms with Crippen LogP contribution in [0.25, 0.3) is 0 Å². The van der Waals surface area contributed by atoms with E-state index in [1.54, 1.807) is 31.2 Å². The first-order chi connectivity index (χ1) is 13.0. The van der Waals surface area contributed by atoms with Crippen molar-refractivity contribution in [3.8, 4) is 5.75 Å². The highest BCUT2D eigenvalue weighted by Gasteiger charge is 2.21. The number of carbonyl (C=O) groups excluding carboxylic acids is 2. The second-order valence-electron chi connectivity index (χ2n) is 6.30. The third-order valence-corrected chi connectivity index (χ3v) is 4.68. The van der Waals surface area contributed by atoms with Crippen LogP contribution in [0.3, 0.4) is 0 Å². The quantitative estimate of drug-likeness (QED) is 0.856. The number of nitrogens with one attached hydrogen (secondary N) is 1. The summed E-state index contributed by atoms with van der Waals surface area (Å²) in [6.07, 6.45) is 0. The number of hydrogen-bond acceptors (Lipinski definition) is 4. The average molecular weight is 388 g/mol. The minimum Gasteiger partial charge on any atom is -0.484 e. The Morgan fingerprint density at radius 3 is 2.37 bits per heavy atom. The summed E-state index contributed by atoms with van der Waals surface area (Å²) in [5, 5.41) is 3.53. The third kappa shape index (κ3) is 5.14. The lowest BCUT2D eigenvalue weighted by Crippen LogP contribution is -2.48. The zero-order valence-electron chi connectivity index (χ0n) is 15.2. The molecule has 3 rings (SSSR count). The molecule has 142 valence electrons. The summed E-state index contributed by atoms with van der Waals surface area (Å²) in [7, 11) is 0. The minimum absolute atomic E-state index is 0.0892. The van der Waals surface area contributed by atoms with Gasteiger partial charge in [0.25, 0.3) is 5.91 Å². The molecule has 1 saturated heterocycles. The number of benzene rings is 2. The van der Waals surface area contributed by atoms with Crippen LogP contribution in [0.15, 0.2) is 48.5 Å². The molecule has 2 aromatic rings. The number of anilines is 2. The highest BCUT2D eigenvalue weighted by molar-refractivity contribution is 6.30. The Kier molecular flexibility index (Phi) is 6.19. The maximum Gasteiger partial charge on any atom is 0.262 e. The summed E-state index contributed by atoms with van der Waals surface area (Å²) in [6.45, 7) is 4.31. The van der Waals surface area contributed by atoms with Crippen LogP contribution in [0, 0.1) is 0 Å². The van der Waals surface area contributed by atoms with Crippen LogP contribution < -0.4 is 15.0 Å². The number of para-hydroxylation sites is 2. The van der Waals surface area contributed by atoms with Crippen molar-refractivity contribution < 1.29 is 14.3 Å². The van der Waals surface area contributed by atoms with Crippen molar-refractivity contribution in [1.82, 2.24) is 4.90 Å². The maximum atomic E-state index is 12.3. The van der Waals surface area contributed by atoms with Gasteiger partial charge in [0.15, 0.2) is 6.61 Å². The van der Waals surface area contributed by atoms with Gasteiger partial charge in [0.1, 0.15) is 5.75 Å². The van der Waals surface area contributed by atoms with E-state index in [9.17, 15) is 9.59 Å². The predicted octanol–water partition coefficient (Wildman–Crippen LogP) is 3.03. The number of hydrogen-bond donors (Lipinski definition) is 1. The van der Waals surface area contributed by atoms with Crippen molar-refractivity contribution >= 4 is 34.8 Å².